The monoisotopic (exact) mass is 485 g/mol. The maximum Gasteiger partial charge on any atom is 0.271 e. The first-order chi connectivity index (χ1) is 17.1. The van der Waals surface area contributed by atoms with E-state index in [4.69, 9.17) is 19.6 Å². The molecule has 176 valence electrons. The largest absolute Gasteiger partial charge is 0.497 e. The van der Waals surface area contributed by atoms with Gasteiger partial charge in [0.2, 0.25) is 5.95 Å². The second-order valence-electron chi connectivity index (χ2n) is 7.58. The van der Waals surface area contributed by atoms with Crippen molar-refractivity contribution in [3.63, 3.8) is 0 Å². The first-order valence-corrected chi connectivity index (χ1v) is 12.1. The Morgan fingerprint density at radius 3 is 2.06 bits per heavy atom. The van der Waals surface area contributed by atoms with Crippen molar-refractivity contribution in [1.29, 1.82) is 0 Å². The van der Waals surface area contributed by atoms with Gasteiger partial charge in [-0.15, -0.1) is 11.8 Å². The fourth-order valence-electron chi connectivity index (χ4n) is 3.79. The predicted octanol–water partition coefficient (Wildman–Crippen LogP) is 5.05. The minimum Gasteiger partial charge on any atom is -0.497 e. The molecule has 0 fully saturated rings. The lowest BCUT2D eigenvalue weighted by Crippen LogP contribution is -2.23. The molecule has 3 aromatic carbocycles. The van der Waals surface area contributed by atoms with Crippen LogP contribution in [0.5, 0.6) is 11.5 Å². The van der Waals surface area contributed by atoms with Crippen molar-refractivity contribution >= 4 is 34.4 Å². The molecule has 0 unspecified atom stereocenters. The lowest BCUT2D eigenvalue weighted by molar-refractivity contribution is 0.414. The second-order valence-corrected chi connectivity index (χ2v) is 8.38. The molecule has 0 aliphatic heterocycles. The summed E-state index contributed by atoms with van der Waals surface area (Å²) in [6.07, 6.45) is 1.90. The van der Waals surface area contributed by atoms with Gasteiger partial charge in [0.05, 0.1) is 25.6 Å². The van der Waals surface area contributed by atoms with Crippen molar-refractivity contribution in [3.05, 3.63) is 89.2 Å². The van der Waals surface area contributed by atoms with E-state index in [2.05, 4.69) is 5.32 Å². The molecule has 0 aliphatic rings. The van der Waals surface area contributed by atoms with Crippen molar-refractivity contribution in [2.24, 2.45) is 0 Å². The summed E-state index contributed by atoms with van der Waals surface area (Å²) >= 11 is 1.41. The number of methoxy groups -OCH3 is 2. The molecular formula is C26H23N5O3S. The van der Waals surface area contributed by atoms with Crippen LogP contribution in [-0.4, -0.2) is 39.8 Å². The highest BCUT2D eigenvalue weighted by Crippen LogP contribution is 2.28. The first-order valence-electron chi connectivity index (χ1n) is 10.8. The van der Waals surface area contributed by atoms with Crippen molar-refractivity contribution in [2.75, 3.05) is 25.8 Å². The number of nitrogens with zero attached hydrogens (tertiary/aromatic N) is 4. The quantitative estimate of drug-likeness (QED) is 0.323. The normalized spacial score (nSPS) is 10.9. The number of para-hydroxylation sites is 1. The molecule has 0 saturated carbocycles. The van der Waals surface area contributed by atoms with Crippen molar-refractivity contribution in [3.8, 4) is 22.9 Å². The number of anilines is 2. The second kappa shape index (κ2) is 9.55. The summed E-state index contributed by atoms with van der Waals surface area (Å²) in [5.74, 6) is 1.79. The van der Waals surface area contributed by atoms with Crippen LogP contribution in [0.15, 0.2) is 88.7 Å². The van der Waals surface area contributed by atoms with Gasteiger partial charge >= 0.3 is 0 Å². The fraction of sp³-hybridized carbons (Fsp3) is 0.115. The number of thioether (sulfide) groups is 1. The molecule has 1 N–H and O–H groups in total. The first kappa shape index (κ1) is 22.5. The molecule has 5 rings (SSSR count). The molecule has 0 radical (unpaired) electrons. The number of ether oxygens (including phenoxy) is 2. The molecule has 5 aromatic rings. The van der Waals surface area contributed by atoms with Crippen molar-refractivity contribution < 1.29 is 9.47 Å². The van der Waals surface area contributed by atoms with Gasteiger partial charge in [0.1, 0.15) is 21.9 Å². The Hall–Kier alpha value is -4.24. The predicted molar refractivity (Wildman–Crippen MR) is 139 cm³/mol. The van der Waals surface area contributed by atoms with E-state index in [9.17, 15) is 4.79 Å². The average molecular weight is 486 g/mol. The van der Waals surface area contributed by atoms with Crippen LogP contribution in [0.2, 0.25) is 0 Å². The number of nitrogens with one attached hydrogen (secondary N) is 1. The van der Waals surface area contributed by atoms with E-state index in [1.54, 1.807) is 23.5 Å². The third kappa shape index (κ3) is 4.22. The lowest BCUT2D eigenvalue weighted by atomic mass is 10.2. The van der Waals surface area contributed by atoms with Crippen LogP contribution in [0, 0.1) is 0 Å². The molecule has 2 aromatic heterocycles. The molecule has 0 saturated heterocycles. The summed E-state index contributed by atoms with van der Waals surface area (Å²) in [7, 11) is 3.22. The molecule has 9 heteroatoms. The summed E-state index contributed by atoms with van der Waals surface area (Å²) < 4.78 is 13.8. The van der Waals surface area contributed by atoms with E-state index >= 15 is 0 Å². The highest BCUT2D eigenvalue weighted by molar-refractivity contribution is 7.98. The highest BCUT2D eigenvalue weighted by atomic mass is 32.2. The highest BCUT2D eigenvalue weighted by Gasteiger charge is 2.22. The van der Waals surface area contributed by atoms with Gasteiger partial charge in [-0.3, -0.25) is 4.79 Å². The van der Waals surface area contributed by atoms with E-state index in [0.717, 1.165) is 17.1 Å². The molecule has 8 nitrogen and oxygen atoms in total. The van der Waals surface area contributed by atoms with Crippen LogP contribution in [0.25, 0.3) is 22.4 Å². The van der Waals surface area contributed by atoms with E-state index < -0.39 is 0 Å². The molecule has 2 heterocycles. The number of rotatable bonds is 7. The summed E-state index contributed by atoms with van der Waals surface area (Å²) in [4.78, 5) is 18.9. The Balaban J connectivity index is 1.77. The van der Waals surface area contributed by atoms with Gasteiger partial charge in [-0.2, -0.15) is 10.1 Å². The van der Waals surface area contributed by atoms with Crippen LogP contribution in [0.3, 0.4) is 0 Å². The summed E-state index contributed by atoms with van der Waals surface area (Å²) in [6, 6.07) is 24.4. The van der Waals surface area contributed by atoms with Gasteiger partial charge in [-0.25, -0.2) is 9.25 Å². The maximum absolute atomic E-state index is 14.0. The molecule has 0 amide bonds. The topological polar surface area (TPSA) is 83.2 Å². The molecule has 35 heavy (non-hydrogen) atoms. The van der Waals surface area contributed by atoms with Gasteiger partial charge in [-0.1, -0.05) is 18.2 Å². The molecule has 0 atom stereocenters. The van der Waals surface area contributed by atoms with E-state index in [1.807, 2.05) is 85.1 Å². The van der Waals surface area contributed by atoms with E-state index in [1.165, 1.54) is 11.8 Å². The zero-order valence-electron chi connectivity index (χ0n) is 19.4. The zero-order valence-corrected chi connectivity index (χ0v) is 20.2. The van der Waals surface area contributed by atoms with Crippen molar-refractivity contribution in [2.45, 2.75) is 5.03 Å². The lowest BCUT2D eigenvalue weighted by Gasteiger charge is -2.15. The summed E-state index contributed by atoms with van der Waals surface area (Å²) in [6.45, 7) is 0. The van der Waals surface area contributed by atoms with Gasteiger partial charge in [0, 0.05) is 5.69 Å². The maximum atomic E-state index is 14.0. The van der Waals surface area contributed by atoms with Gasteiger partial charge in [-0.05, 0) is 66.9 Å². The Morgan fingerprint density at radius 2 is 1.46 bits per heavy atom. The minimum absolute atomic E-state index is 0.220. The third-order valence-electron chi connectivity index (χ3n) is 5.54. The number of hydrogen-bond acceptors (Lipinski definition) is 7. The van der Waals surface area contributed by atoms with E-state index in [0.29, 0.717) is 33.4 Å². The smallest absolute Gasteiger partial charge is 0.271 e. The molecule has 0 aliphatic carbocycles. The number of benzene rings is 3. The standard InChI is InChI=1S/C26H23N5O3S/c1-33-20-13-9-17(10-14-20)27-26-28-23-22(24(35-3)29-31(23)19-7-5-4-6-8-19)25(32)30(26)18-11-15-21(34-2)16-12-18/h4-16H,1-3H3,(H,27,28). The van der Waals surface area contributed by atoms with E-state index in [-0.39, 0.29) is 5.56 Å². The zero-order chi connectivity index (χ0) is 24.4. The van der Waals surface area contributed by atoms with Crippen LogP contribution < -0.4 is 20.3 Å². The Morgan fingerprint density at radius 1 is 0.829 bits per heavy atom. The van der Waals surface area contributed by atoms with Crippen LogP contribution in [-0.2, 0) is 0 Å². The van der Waals surface area contributed by atoms with Gasteiger partial charge in [0.25, 0.3) is 5.56 Å². The number of fused-ring (bicyclic) bond motifs is 1. The van der Waals surface area contributed by atoms with Crippen LogP contribution in [0.4, 0.5) is 11.6 Å². The van der Waals surface area contributed by atoms with Gasteiger partial charge < -0.3 is 14.8 Å². The number of aromatic nitrogens is 4. The van der Waals surface area contributed by atoms with Crippen LogP contribution in [0.1, 0.15) is 0 Å². The average Bonchev–Trinajstić information content (AvgIpc) is 3.29. The summed E-state index contributed by atoms with van der Waals surface area (Å²) in [5, 5.41) is 9.09. The molecule has 0 bridgehead atoms. The SMILES string of the molecule is COc1ccc(Nc2nc3c(c(SC)nn3-c3ccccc3)c(=O)n2-c2ccc(OC)cc2)cc1. The molecular weight excluding hydrogens is 462 g/mol. The Bertz CT molecular complexity index is 1530. The fourth-order valence-corrected chi connectivity index (χ4v) is 4.33. The van der Waals surface area contributed by atoms with Crippen molar-refractivity contribution in [1.82, 2.24) is 19.3 Å². The Kier molecular flexibility index (Phi) is 6.15. The number of hydrogen-bond donors (Lipinski definition) is 1. The third-order valence-corrected chi connectivity index (χ3v) is 6.21. The molecule has 0 spiro atoms. The van der Waals surface area contributed by atoms with Gasteiger partial charge in [0.15, 0.2) is 5.65 Å². The summed E-state index contributed by atoms with van der Waals surface area (Å²) in [5.41, 5.74) is 2.49. The van der Waals surface area contributed by atoms with Crippen LogP contribution >= 0.6 is 11.8 Å². The minimum atomic E-state index is -0.220. The Labute approximate surface area is 206 Å².